The molecule has 0 spiro atoms. The number of rotatable bonds is 6. The van der Waals surface area contributed by atoms with E-state index in [-0.39, 0.29) is 5.15 Å². The molecule has 0 aromatic carbocycles. The van der Waals surface area contributed by atoms with Crippen LogP contribution in [0.2, 0.25) is 5.15 Å². The Morgan fingerprint density at radius 1 is 1.46 bits per heavy atom. The molecule has 2 rings (SSSR count). The first kappa shape index (κ1) is 18.4. The number of carbonyl (C=O) groups excluding carboxylic acids is 2. The first-order chi connectivity index (χ1) is 11.4. The summed E-state index contributed by atoms with van der Waals surface area (Å²) in [6, 6.07) is 5.12. The summed E-state index contributed by atoms with van der Waals surface area (Å²) < 4.78 is 5.25. The van der Waals surface area contributed by atoms with E-state index >= 15 is 0 Å². The molecule has 1 N–H and O–H groups in total. The third-order valence-corrected chi connectivity index (χ3v) is 4.79. The number of hydrogen-bond donors (Lipinski definition) is 1. The van der Waals surface area contributed by atoms with Crippen molar-refractivity contribution in [1.82, 2.24) is 4.98 Å². The van der Waals surface area contributed by atoms with Gasteiger partial charge in [0.15, 0.2) is 11.3 Å². The first-order valence-electron chi connectivity index (χ1n) is 7.64. The van der Waals surface area contributed by atoms with Gasteiger partial charge in [0.2, 0.25) is 0 Å². The molecule has 0 aliphatic heterocycles. The van der Waals surface area contributed by atoms with Crippen molar-refractivity contribution in [3.05, 3.63) is 44.9 Å². The number of nitrogens with one attached hydrogen (secondary N) is 1. The SMILES string of the molecule is CCCc1cc(C(=O)O[C@@H](C)C(=O)Nc2cccnc2Cl)sc1C. The summed E-state index contributed by atoms with van der Waals surface area (Å²) in [6.45, 7) is 5.59. The monoisotopic (exact) mass is 366 g/mol. The average molecular weight is 367 g/mol. The largest absolute Gasteiger partial charge is 0.448 e. The van der Waals surface area contributed by atoms with Crippen LogP contribution in [0.5, 0.6) is 0 Å². The molecule has 7 heteroatoms. The van der Waals surface area contributed by atoms with Crippen LogP contribution in [0.1, 0.15) is 40.4 Å². The van der Waals surface area contributed by atoms with Crippen LogP contribution in [-0.4, -0.2) is 23.0 Å². The molecule has 0 saturated heterocycles. The summed E-state index contributed by atoms with van der Waals surface area (Å²) in [5.41, 5.74) is 1.53. The number of hydrogen-bond acceptors (Lipinski definition) is 5. The lowest BCUT2D eigenvalue weighted by Gasteiger charge is -2.13. The summed E-state index contributed by atoms with van der Waals surface area (Å²) in [4.78, 5) is 29.8. The zero-order chi connectivity index (χ0) is 17.7. The maximum absolute atomic E-state index is 12.2. The summed E-state index contributed by atoms with van der Waals surface area (Å²) >= 11 is 7.28. The molecular weight excluding hydrogens is 348 g/mol. The number of carbonyl (C=O) groups is 2. The van der Waals surface area contributed by atoms with Gasteiger partial charge in [-0.15, -0.1) is 11.3 Å². The predicted molar refractivity (Wildman–Crippen MR) is 95.8 cm³/mol. The number of thiophene rings is 1. The molecule has 2 aromatic rings. The summed E-state index contributed by atoms with van der Waals surface area (Å²) in [7, 11) is 0. The maximum Gasteiger partial charge on any atom is 0.349 e. The zero-order valence-electron chi connectivity index (χ0n) is 13.8. The minimum Gasteiger partial charge on any atom is -0.448 e. The third-order valence-electron chi connectivity index (χ3n) is 3.41. The highest BCUT2D eigenvalue weighted by Gasteiger charge is 2.21. The standard InChI is InChI=1S/C17H19ClN2O3S/c1-4-6-12-9-14(24-11(12)3)17(22)23-10(2)16(21)20-13-7-5-8-19-15(13)18/h5,7-10H,4,6H2,1-3H3,(H,20,21)/t10-/m0/s1. The Kier molecular flexibility index (Phi) is 6.34. The van der Waals surface area contributed by atoms with Gasteiger partial charge in [-0.3, -0.25) is 4.79 Å². The van der Waals surface area contributed by atoms with Crippen molar-refractivity contribution in [3.63, 3.8) is 0 Å². The second-order valence-electron chi connectivity index (χ2n) is 5.32. The van der Waals surface area contributed by atoms with Crippen molar-refractivity contribution >= 4 is 40.5 Å². The van der Waals surface area contributed by atoms with E-state index in [1.54, 1.807) is 12.1 Å². The number of ether oxygens (including phenoxy) is 1. The maximum atomic E-state index is 12.2. The first-order valence-corrected chi connectivity index (χ1v) is 8.83. The van der Waals surface area contributed by atoms with Crippen LogP contribution in [0.4, 0.5) is 5.69 Å². The second-order valence-corrected chi connectivity index (χ2v) is 6.93. The molecule has 0 aliphatic rings. The smallest absolute Gasteiger partial charge is 0.349 e. The molecule has 1 amide bonds. The Hall–Kier alpha value is -1.92. The van der Waals surface area contributed by atoms with Crippen LogP contribution < -0.4 is 5.32 Å². The Morgan fingerprint density at radius 2 is 2.21 bits per heavy atom. The van der Waals surface area contributed by atoms with E-state index in [2.05, 4.69) is 17.2 Å². The molecule has 5 nitrogen and oxygen atoms in total. The highest BCUT2D eigenvalue weighted by atomic mass is 35.5. The summed E-state index contributed by atoms with van der Waals surface area (Å²) in [6.07, 6.45) is 2.52. The highest BCUT2D eigenvalue weighted by Crippen LogP contribution is 2.24. The molecular formula is C17H19ClN2O3S. The topological polar surface area (TPSA) is 68.3 Å². The predicted octanol–water partition coefficient (Wildman–Crippen LogP) is 4.24. The van der Waals surface area contributed by atoms with Crippen molar-refractivity contribution in [3.8, 4) is 0 Å². The Balaban J connectivity index is 1.99. The van der Waals surface area contributed by atoms with Gasteiger partial charge in [0, 0.05) is 11.1 Å². The van der Waals surface area contributed by atoms with E-state index in [0.29, 0.717) is 10.6 Å². The van der Waals surface area contributed by atoms with Gasteiger partial charge < -0.3 is 10.1 Å². The molecule has 24 heavy (non-hydrogen) atoms. The molecule has 1 atom stereocenters. The lowest BCUT2D eigenvalue weighted by Crippen LogP contribution is -2.29. The van der Waals surface area contributed by atoms with Gasteiger partial charge in [-0.25, -0.2) is 9.78 Å². The van der Waals surface area contributed by atoms with Crippen molar-refractivity contribution in [2.75, 3.05) is 5.32 Å². The van der Waals surface area contributed by atoms with Crippen LogP contribution in [0, 0.1) is 6.92 Å². The van der Waals surface area contributed by atoms with E-state index < -0.39 is 18.0 Å². The minimum atomic E-state index is -0.939. The molecule has 0 saturated carbocycles. The van der Waals surface area contributed by atoms with Crippen LogP contribution in [0.15, 0.2) is 24.4 Å². The van der Waals surface area contributed by atoms with Gasteiger partial charge >= 0.3 is 5.97 Å². The van der Waals surface area contributed by atoms with Crippen LogP contribution >= 0.6 is 22.9 Å². The molecule has 0 unspecified atom stereocenters. The van der Waals surface area contributed by atoms with Crippen LogP contribution in [-0.2, 0) is 16.0 Å². The van der Waals surface area contributed by atoms with Crippen LogP contribution in [0.3, 0.4) is 0 Å². The summed E-state index contributed by atoms with van der Waals surface area (Å²) in [5, 5.41) is 2.78. The number of aryl methyl sites for hydroxylation is 2. The average Bonchev–Trinajstić information content (AvgIpc) is 2.91. The number of amides is 1. The van der Waals surface area contributed by atoms with E-state index in [0.717, 1.165) is 23.3 Å². The van der Waals surface area contributed by atoms with Gasteiger partial charge in [0.25, 0.3) is 5.91 Å². The molecule has 0 fully saturated rings. The molecule has 2 aromatic heterocycles. The molecule has 0 radical (unpaired) electrons. The number of halogens is 1. The number of anilines is 1. The molecule has 2 heterocycles. The fourth-order valence-electron chi connectivity index (χ4n) is 2.12. The van der Waals surface area contributed by atoms with Gasteiger partial charge in [-0.05, 0) is 44.0 Å². The van der Waals surface area contributed by atoms with Crippen molar-refractivity contribution in [2.45, 2.75) is 39.7 Å². The number of pyridine rings is 1. The van der Waals surface area contributed by atoms with Gasteiger partial charge in [-0.2, -0.15) is 0 Å². The number of aromatic nitrogens is 1. The van der Waals surface area contributed by atoms with Crippen molar-refractivity contribution in [2.24, 2.45) is 0 Å². The van der Waals surface area contributed by atoms with E-state index in [1.807, 2.05) is 13.0 Å². The van der Waals surface area contributed by atoms with Crippen LogP contribution in [0.25, 0.3) is 0 Å². The fourth-order valence-corrected chi connectivity index (χ4v) is 3.24. The van der Waals surface area contributed by atoms with Crippen molar-refractivity contribution < 1.29 is 14.3 Å². The molecule has 0 aliphatic carbocycles. The normalized spacial score (nSPS) is 11.8. The number of nitrogens with zero attached hydrogens (tertiary/aromatic N) is 1. The lowest BCUT2D eigenvalue weighted by molar-refractivity contribution is -0.123. The lowest BCUT2D eigenvalue weighted by atomic mass is 10.1. The minimum absolute atomic E-state index is 0.183. The molecule has 128 valence electrons. The van der Waals surface area contributed by atoms with Gasteiger partial charge in [0.05, 0.1) is 5.69 Å². The molecule has 0 bridgehead atoms. The van der Waals surface area contributed by atoms with Crippen molar-refractivity contribution in [1.29, 1.82) is 0 Å². The van der Waals surface area contributed by atoms with E-state index in [1.165, 1.54) is 24.5 Å². The number of esters is 1. The van der Waals surface area contributed by atoms with Gasteiger partial charge in [0.1, 0.15) is 4.88 Å². The highest BCUT2D eigenvalue weighted by molar-refractivity contribution is 7.14. The Bertz CT molecular complexity index is 745. The Labute approximate surface area is 150 Å². The van der Waals surface area contributed by atoms with E-state index in [4.69, 9.17) is 16.3 Å². The second kappa shape index (κ2) is 8.26. The fraction of sp³-hybridized carbons (Fsp3) is 0.353. The summed E-state index contributed by atoms with van der Waals surface area (Å²) in [5.74, 6) is -0.953. The third kappa shape index (κ3) is 4.55. The quantitative estimate of drug-likeness (QED) is 0.613. The van der Waals surface area contributed by atoms with E-state index in [9.17, 15) is 9.59 Å². The Morgan fingerprint density at radius 3 is 2.88 bits per heavy atom. The van der Waals surface area contributed by atoms with Gasteiger partial charge in [-0.1, -0.05) is 24.9 Å². The zero-order valence-corrected chi connectivity index (χ0v) is 15.3.